The number of aromatic nitrogens is 2. The fourth-order valence-corrected chi connectivity index (χ4v) is 1.69. The molecular formula is C12H9ClF3N3. The highest BCUT2D eigenvalue weighted by Gasteiger charge is 2.33. The third kappa shape index (κ3) is 2.96. The van der Waals surface area contributed by atoms with Gasteiger partial charge in [-0.25, -0.2) is 9.97 Å². The maximum atomic E-state index is 12.6. The van der Waals surface area contributed by atoms with E-state index in [1.165, 1.54) is 0 Å². The zero-order chi connectivity index (χ0) is 14.2. The molecule has 0 saturated heterocycles. The molecule has 3 nitrogen and oxygen atoms in total. The first-order chi connectivity index (χ1) is 8.77. The molecule has 0 spiro atoms. The molecule has 0 aliphatic rings. The number of hydrogen-bond donors (Lipinski definition) is 1. The van der Waals surface area contributed by atoms with Crippen LogP contribution >= 0.6 is 11.6 Å². The molecule has 19 heavy (non-hydrogen) atoms. The number of hydrogen-bond acceptors (Lipinski definition) is 3. The summed E-state index contributed by atoms with van der Waals surface area (Å²) >= 11 is 5.94. The fourth-order valence-electron chi connectivity index (χ4n) is 1.51. The Labute approximate surface area is 112 Å². The summed E-state index contributed by atoms with van der Waals surface area (Å²) in [6, 6.07) is 5.71. The van der Waals surface area contributed by atoms with E-state index in [0.29, 0.717) is 10.6 Å². The van der Waals surface area contributed by atoms with Crippen LogP contribution in [0.3, 0.4) is 0 Å². The van der Waals surface area contributed by atoms with Crippen molar-refractivity contribution in [1.82, 2.24) is 9.97 Å². The van der Waals surface area contributed by atoms with Gasteiger partial charge < -0.3 is 5.73 Å². The Morgan fingerprint density at radius 3 is 2.42 bits per heavy atom. The number of benzene rings is 1. The number of nitrogen functional groups attached to an aromatic ring is 1. The Balaban J connectivity index is 2.56. The van der Waals surface area contributed by atoms with Crippen molar-refractivity contribution in [2.45, 2.75) is 13.1 Å². The van der Waals surface area contributed by atoms with E-state index >= 15 is 0 Å². The average molecular weight is 288 g/mol. The molecule has 0 bridgehead atoms. The minimum Gasteiger partial charge on any atom is -0.368 e. The van der Waals surface area contributed by atoms with Crippen LogP contribution in [0.15, 0.2) is 24.3 Å². The third-order valence-electron chi connectivity index (χ3n) is 2.50. The van der Waals surface area contributed by atoms with E-state index in [2.05, 4.69) is 9.97 Å². The van der Waals surface area contributed by atoms with Gasteiger partial charge in [0.2, 0.25) is 5.95 Å². The van der Waals surface area contributed by atoms with Gasteiger partial charge >= 0.3 is 6.18 Å². The van der Waals surface area contributed by atoms with Crippen LogP contribution in [0.5, 0.6) is 0 Å². The number of aryl methyl sites for hydroxylation is 1. The van der Waals surface area contributed by atoms with Gasteiger partial charge in [-0.05, 0) is 24.6 Å². The van der Waals surface area contributed by atoms with Gasteiger partial charge in [0, 0.05) is 10.6 Å². The zero-order valence-electron chi connectivity index (χ0n) is 9.79. The van der Waals surface area contributed by atoms with Crippen molar-refractivity contribution in [3.05, 3.63) is 40.5 Å². The molecule has 2 rings (SSSR count). The summed E-state index contributed by atoms with van der Waals surface area (Å²) in [6.45, 7) is 1.79. The zero-order valence-corrected chi connectivity index (χ0v) is 10.5. The minimum absolute atomic E-state index is 0.0849. The van der Waals surface area contributed by atoms with Crippen LogP contribution in [0.1, 0.15) is 11.3 Å². The number of alkyl halides is 3. The number of halogens is 4. The van der Waals surface area contributed by atoms with Crippen molar-refractivity contribution >= 4 is 17.5 Å². The number of nitrogens with zero attached hydrogens (tertiary/aromatic N) is 2. The van der Waals surface area contributed by atoms with Gasteiger partial charge in [0.05, 0.1) is 5.69 Å². The Hall–Kier alpha value is -1.82. The summed E-state index contributed by atoms with van der Waals surface area (Å²) in [7, 11) is 0. The smallest absolute Gasteiger partial charge is 0.368 e. The summed E-state index contributed by atoms with van der Waals surface area (Å²) in [4.78, 5) is 6.98. The molecule has 0 radical (unpaired) electrons. The normalized spacial score (nSPS) is 11.6. The summed E-state index contributed by atoms with van der Waals surface area (Å²) < 4.78 is 37.9. The molecule has 100 valence electrons. The van der Waals surface area contributed by atoms with Crippen LogP contribution in [-0.2, 0) is 6.18 Å². The van der Waals surface area contributed by atoms with Gasteiger partial charge in [0.15, 0.2) is 5.69 Å². The van der Waals surface area contributed by atoms with Crippen LogP contribution in [0.4, 0.5) is 19.1 Å². The molecule has 0 unspecified atom stereocenters. The summed E-state index contributed by atoms with van der Waals surface area (Å²) in [5, 5.41) is 0.447. The monoisotopic (exact) mass is 287 g/mol. The first-order valence-electron chi connectivity index (χ1n) is 5.25. The number of rotatable bonds is 1. The first-order valence-corrected chi connectivity index (χ1v) is 5.63. The van der Waals surface area contributed by atoms with Crippen LogP contribution < -0.4 is 5.73 Å². The lowest BCUT2D eigenvalue weighted by atomic mass is 10.1. The second-order valence-electron chi connectivity index (χ2n) is 3.96. The maximum absolute atomic E-state index is 12.6. The Bertz CT molecular complexity index is 626. The van der Waals surface area contributed by atoms with Gasteiger partial charge in [-0.15, -0.1) is 0 Å². The van der Waals surface area contributed by atoms with E-state index in [9.17, 15) is 13.2 Å². The molecule has 0 amide bonds. The van der Waals surface area contributed by atoms with Crippen LogP contribution in [0.2, 0.25) is 5.02 Å². The van der Waals surface area contributed by atoms with Crippen molar-refractivity contribution in [3.8, 4) is 11.3 Å². The van der Waals surface area contributed by atoms with Gasteiger partial charge in [-0.1, -0.05) is 23.7 Å². The molecule has 0 atom stereocenters. The molecular weight excluding hydrogens is 279 g/mol. The van der Waals surface area contributed by atoms with E-state index in [1.807, 2.05) is 0 Å². The van der Waals surface area contributed by atoms with Crippen molar-refractivity contribution in [1.29, 1.82) is 0 Å². The lowest BCUT2D eigenvalue weighted by Gasteiger charge is -2.09. The van der Waals surface area contributed by atoms with Crippen LogP contribution in [-0.4, -0.2) is 9.97 Å². The third-order valence-corrected chi connectivity index (χ3v) is 2.91. The largest absolute Gasteiger partial charge is 0.433 e. The Kier molecular flexibility index (Phi) is 3.36. The van der Waals surface area contributed by atoms with Crippen LogP contribution in [0.25, 0.3) is 11.3 Å². The number of anilines is 1. The standard InChI is InChI=1S/C12H9ClF3N3/c1-6-2-3-7(4-8(6)13)9-5-10(12(14,15)16)19-11(17)18-9/h2-5H,1H3,(H2,17,18,19). The predicted molar refractivity (Wildman–Crippen MR) is 66.6 cm³/mol. The molecule has 1 heterocycles. The summed E-state index contributed by atoms with van der Waals surface area (Å²) in [5.74, 6) is -0.429. The number of nitrogens with two attached hydrogens (primary N) is 1. The molecule has 0 aliphatic heterocycles. The highest BCUT2D eigenvalue weighted by atomic mass is 35.5. The predicted octanol–water partition coefficient (Wildman–Crippen LogP) is 3.71. The highest BCUT2D eigenvalue weighted by Crippen LogP contribution is 2.31. The van der Waals surface area contributed by atoms with E-state index in [1.54, 1.807) is 25.1 Å². The Morgan fingerprint density at radius 2 is 1.84 bits per heavy atom. The average Bonchev–Trinajstić information content (AvgIpc) is 2.31. The summed E-state index contributed by atoms with van der Waals surface area (Å²) in [5.41, 5.74) is 5.59. The lowest BCUT2D eigenvalue weighted by Crippen LogP contribution is -2.11. The topological polar surface area (TPSA) is 51.8 Å². The second kappa shape index (κ2) is 4.70. The van der Waals surface area contributed by atoms with E-state index in [-0.39, 0.29) is 5.69 Å². The minimum atomic E-state index is -4.57. The molecule has 0 fully saturated rings. The SMILES string of the molecule is Cc1ccc(-c2cc(C(F)(F)F)nc(N)n2)cc1Cl. The van der Waals surface area contributed by atoms with E-state index in [4.69, 9.17) is 17.3 Å². The molecule has 1 aromatic heterocycles. The second-order valence-corrected chi connectivity index (χ2v) is 4.37. The molecule has 0 saturated carbocycles. The lowest BCUT2D eigenvalue weighted by molar-refractivity contribution is -0.141. The molecule has 2 N–H and O–H groups in total. The van der Waals surface area contributed by atoms with E-state index in [0.717, 1.165) is 11.6 Å². The van der Waals surface area contributed by atoms with Crippen molar-refractivity contribution in [2.75, 3.05) is 5.73 Å². The van der Waals surface area contributed by atoms with Gasteiger partial charge in [0.25, 0.3) is 0 Å². The molecule has 0 aliphatic carbocycles. The molecule has 2 aromatic rings. The van der Waals surface area contributed by atoms with Crippen LogP contribution in [0, 0.1) is 6.92 Å². The first kappa shape index (κ1) is 13.6. The molecule has 7 heteroatoms. The van der Waals surface area contributed by atoms with Gasteiger partial charge in [-0.3, -0.25) is 0 Å². The highest BCUT2D eigenvalue weighted by molar-refractivity contribution is 6.31. The summed E-state index contributed by atoms with van der Waals surface area (Å²) in [6.07, 6.45) is -4.57. The van der Waals surface area contributed by atoms with Crippen molar-refractivity contribution in [3.63, 3.8) is 0 Å². The van der Waals surface area contributed by atoms with Gasteiger partial charge in [-0.2, -0.15) is 13.2 Å². The van der Waals surface area contributed by atoms with E-state index < -0.39 is 17.8 Å². The molecule has 1 aromatic carbocycles. The maximum Gasteiger partial charge on any atom is 0.433 e. The van der Waals surface area contributed by atoms with Crippen molar-refractivity contribution in [2.24, 2.45) is 0 Å². The quantitative estimate of drug-likeness (QED) is 0.870. The van der Waals surface area contributed by atoms with Crippen molar-refractivity contribution < 1.29 is 13.2 Å². The fraction of sp³-hybridized carbons (Fsp3) is 0.167. The Morgan fingerprint density at radius 1 is 1.16 bits per heavy atom. The van der Waals surface area contributed by atoms with Gasteiger partial charge in [0.1, 0.15) is 0 Å².